The molecule has 1 fully saturated rings. The molecule has 1 saturated heterocycles. The number of methoxy groups -OCH3 is 1. The Morgan fingerprint density at radius 2 is 2.11 bits per heavy atom. The van der Waals surface area contributed by atoms with E-state index in [1.165, 1.54) is 0 Å². The summed E-state index contributed by atoms with van der Waals surface area (Å²) in [5.41, 5.74) is 0.729. The zero-order chi connectivity index (χ0) is 13.8. The Hall–Kier alpha value is -1.39. The third-order valence-corrected chi connectivity index (χ3v) is 3.57. The van der Waals surface area contributed by atoms with E-state index in [-0.39, 0.29) is 17.9 Å². The van der Waals surface area contributed by atoms with E-state index in [2.05, 4.69) is 4.90 Å². The Morgan fingerprint density at radius 1 is 1.42 bits per heavy atom. The van der Waals surface area contributed by atoms with Crippen molar-refractivity contribution < 1.29 is 14.3 Å². The molecule has 0 amide bonds. The van der Waals surface area contributed by atoms with Crippen LogP contribution < -0.4 is 4.74 Å². The number of carbonyl (C=O) groups is 1. The van der Waals surface area contributed by atoms with Crippen molar-refractivity contribution in [2.45, 2.75) is 26.0 Å². The lowest BCUT2D eigenvalue weighted by atomic mass is 10.0. The summed E-state index contributed by atoms with van der Waals surface area (Å²) in [5, 5.41) is 0. The van der Waals surface area contributed by atoms with Crippen LogP contribution in [0.3, 0.4) is 0 Å². The van der Waals surface area contributed by atoms with E-state index >= 15 is 0 Å². The highest BCUT2D eigenvalue weighted by molar-refractivity contribution is 5.99. The number of carbonyl (C=O) groups excluding carboxylic acids is 1. The van der Waals surface area contributed by atoms with Gasteiger partial charge >= 0.3 is 0 Å². The summed E-state index contributed by atoms with van der Waals surface area (Å²) in [4.78, 5) is 14.6. The standard InChI is InChI=1S/C15H21NO3/c1-11-10-16(8-9-19-11)12(2)15(17)13-4-6-14(18-3)7-5-13/h4-7,11-12H,8-10H2,1-3H3. The van der Waals surface area contributed by atoms with Crippen LogP contribution in [0.4, 0.5) is 0 Å². The molecule has 0 spiro atoms. The highest BCUT2D eigenvalue weighted by atomic mass is 16.5. The number of hydrogen-bond acceptors (Lipinski definition) is 4. The van der Waals surface area contributed by atoms with Crippen LogP contribution in [0.15, 0.2) is 24.3 Å². The maximum Gasteiger partial charge on any atom is 0.179 e. The molecular formula is C15H21NO3. The molecule has 0 saturated carbocycles. The van der Waals surface area contributed by atoms with Crippen molar-refractivity contribution in [3.63, 3.8) is 0 Å². The van der Waals surface area contributed by atoms with Crippen LogP contribution in [0.2, 0.25) is 0 Å². The van der Waals surface area contributed by atoms with Gasteiger partial charge in [-0.05, 0) is 38.1 Å². The number of Topliss-reactive ketones (excluding diaryl/α,β-unsaturated/α-hetero) is 1. The van der Waals surface area contributed by atoms with Crippen LogP contribution in [-0.2, 0) is 4.74 Å². The minimum absolute atomic E-state index is 0.111. The van der Waals surface area contributed by atoms with E-state index in [0.717, 1.165) is 24.4 Å². The van der Waals surface area contributed by atoms with E-state index in [4.69, 9.17) is 9.47 Å². The van der Waals surface area contributed by atoms with E-state index in [9.17, 15) is 4.79 Å². The molecule has 19 heavy (non-hydrogen) atoms. The Labute approximate surface area is 114 Å². The lowest BCUT2D eigenvalue weighted by Gasteiger charge is -2.34. The first kappa shape index (κ1) is 14.0. The lowest BCUT2D eigenvalue weighted by Crippen LogP contribution is -2.48. The predicted octanol–water partition coefficient (Wildman–Crippen LogP) is 1.99. The predicted molar refractivity (Wildman–Crippen MR) is 73.8 cm³/mol. The average molecular weight is 263 g/mol. The topological polar surface area (TPSA) is 38.8 Å². The second-order valence-electron chi connectivity index (χ2n) is 4.95. The smallest absolute Gasteiger partial charge is 0.179 e. The maximum atomic E-state index is 12.4. The van der Waals surface area contributed by atoms with Gasteiger partial charge in [0.2, 0.25) is 0 Å². The highest BCUT2D eigenvalue weighted by Gasteiger charge is 2.26. The number of hydrogen-bond donors (Lipinski definition) is 0. The summed E-state index contributed by atoms with van der Waals surface area (Å²) < 4.78 is 10.6. The molecule has 1 aliphatic rings. The number of nitrogens with zero attached hydrogens (tertiary/aromatic N) is 1. The van der Waals surface area contributed by atoms with Crippen LogP contribution in [0.5, 0.6) is 5.75 Å². The zero-order valence-corrected chi connectivity index (χ0v) is 11.8. The number of ether oxygens (including phenoxy) is 2. The fraction of sp³-hybridized carbons (Fsp3) is 0.533. The highest BCUT2D eigenvalue weighted by Crippen LogP contribution is 2.16. The summed E-state index contributed by atoms with van der Waals surface area (Å²) in [5.74, 6) is 0.918. The van der Waals surface area contributed by atoms with Gasteiger partial charge in [-0.1, -0.05) is 0 Å². The lowest BCUT2D eigenvalue weighted by molar-refractivity contribution is -0.0277. The Balaban J connectivity index is 2.05. The van der Waals surface area contributed by atoms with Gasteiger partial charge in [-0.15, -0.1) is 0 Å². The largest absolute Gasteiger partial charge is 0.497 e. The molecule has 0 aromatic heterocycles. The molecular weight excluding hydrogens is 242 g/mol. The Morgan fingerprint density at radius 3 is 2.68 bits per heavy atom. The van der Waals surface area contributed by atoms with Crippen molar-refractivity contribution in [1.29, 1.82) is 0 Å². The molecule has 104 valence electrons. The second kappa shape index (κ2) is 6.17. The summed E-state index contributed by atoms with van der Waals surface area (Å²) in [6.45, 7) is 6.32. The molecule has 4 nitrogen and oxygen atoms in total. The number of morpholine rings is 1. The van der Waals surface area contributed by atoms with E-state index in [0.29, 0.717) is 6.61 Å². The van der Waals surface area contributed by atoms with Crippen LogP contribution in [-0.4, -0.2) is 49.6 Å². The molecule has 0 aliphatic carbocycles. The van der Waals surface area contributed by atoms with Crippen molar-refractivity contribution in [2.24, 2.45) is 0 Å². The number of benzene rings is 1. The molecule has 2 atom stereocenters. The summed E-state index contributed by atoms with van der Waals surface area (Å²) in [6.07, 6.45) is 0.194. The van der Waals surface area contributed by atoms with Gasteiger partial charge in [0.1, 0.15) is 5.75 Å². The van der Waals surface area contributed by atoms with Crippen LogP contribution in [0, 0.1) is 0 Å². The fourth-order valence-electron chi connectivity index (χ4n) is 2.36. The Kier molecular flexibility index (Phi) is 4.56. The zero-order valence-electron chi connectivity index (χ0n) is 11.8. The van der Waals surface area contributed by atoms with Gasteiger partial charge in [-0.2, -0.15) is 0 Å². The summed E-state index contributed by atoms with van der Waals surface area (Å²) in [7, 11) is 1.62. The average Bonchev–Trinajstić information content (AvgIpc) is 2.46. The monoisotopic (exact) mass is 263 g/mol. The molecule has 4 heteroatoms. The first-order valence-corrected chi connectivity index (χ1v) is 6.65. The Bertz CT molecular complexity index is 430. The van der Waals surface area contributed by atoms with Crippen LogP contribution in [0.1, 0.15) is 24.2 Å². The minimum Gasteiger partial charge on any atom is -0.497 e. The molecule has 2 unspecified atom stereocenters. The van der Waals surface area contributed by atoms with Gasteiger partial charge in [0.25, 0.3) is 0 Å². The summed E-state index contributed by atoms with van der Waals surface area (Å²) in [6, 6.07) is 7.17. The van der Waals surface area contributed by atoms with E-state index < -0.39 is 0 Å². The van der Waals surface area contributed by atoms with Gasteiger partial charge in [-0.25, -0.2) is 0 Å². The quantitative estimate of drug-likeness (QED) is 0.779. The molecule has 1 aromatic carbocycles. The number of ketones is 1. The molecule has 1 aromatic rings. The van der Waals surface area contributed by atoms with Crippen molar-refractivity contribution in [2.75, 3.05) is 26.8 Å². The van der Waals surface area contributed by atoms with Gasteiger partial charge in [0, 0.05) is 18.7 Å². The van der Waals surface area contributed by atoms with E-state index in [1.807, 2.05) is 38.1 Å². The first-order chi connectivity index (χ1) is 9.11. The first-order valence-electron chi connectivity index (χ1n) is 6.65. The fourth-order valence-corrected chi connectivity index (χ4v) is 2.36. The van der Waals surface area contributed by atoms with Crippen molar-refractivity contribution >= 4 is 5.78 Å². The number of rotatable bonds is 4. The molecule has 2 rings (SSSR count). The molecule has 1 heterocycles. The SMILES string of the molecule is COc1ccc(C(=O)C(C)N2CCOC(C)C2)cc1. The third-order valence-electron chi connectivity index (χ3n) is 3.57. The van der Waals surface area contributed by atoms with Gasteiger partial charge in [-0.3, -0.25) is 9.69 Å². The molecule has 0 N–H and O–H groups in total. The molecule has 0 bridgehead atoms. The molecule has 1 aliphatic heterocycles. The van der Waals surface area contributed by atoms with E-state index in [1.54, 1.807) is 7.11 Å². The third kappa shape index (κ3) is 3.33. The van der Waals surface area contributed by atoms with Crippen molar-refractivity contribution in [1.82, 2.24) is 4.90 Å². The van der Waals surface area contributed by atoms with Crippen molar-refractivity contribution in [3.05, 3.63) is 29.8 Å². The van der Waals surface area contributed by atoms with Gasteiger partial charge < -0.3 is 9.47 Å². The maximum absolute atomic E-state index is 12.4. The minimum atomic E-state index is -0.111. The summed E-state index contributed by atoms with van der Waals surface area (Å²) >= 11 is 0. The van der Waals surface area contributed by atoms with Crippen LogP contribution in [0.25, 0.3) is 0 Å². The van der Waals surface area contributed by atoms with Gasteiger partial charge in [0.15, 0.2) is 5.78 Å². The second-order valence-corrected chi connectivity index (χ2v) is 4.95. The van der Waals surface area contributed by atoms with Crippen LogP contribution >= 0.6 is 0 Å². The van der Waals surface area contributed by atoms with Crippen molar-refractivity contribution in [3.8, 4) is 5.75 Å². The normalized spacial score (nSPS) is 21.9. The molecule has 0 radical (unpaired) electrons. The van der Waals surface area contributed by atoms with Gasteiger partial charge in [0.05, 0.1) is 25.9 Å².